The number of nitrogens with two attached hydrogens (primary N) is 2. The molecule has 5 N–H and O–H groups in total. The lowest BCUT2D eigenvalue weighted by Crippen LogP contribution is -2.37. The van der Waals surface area contributed by atoms with Gasteiger partial charge >= 0.3 is 0 Å². The van der Waals surface area contributed by atoms with Gasteiger partial charge in [0.15, 0.2) is 0 Å². The highest BCUT2D eigenvalue weighted by molar-refractivity contribution is 7.89. The summed E-state index contributed by atoms with van der Waals surface area (Å²) in [5.41, 5.74) is 7.38. The van der Waals surface area contributed by atoms with E-state index in [1.807, 2.05) is 31.2 Å². The zero-order chi connectivity index (χ0) is 22.6. The summed E-state index contributed by atoms with van der Waals surface area (Å²) in [6.07, 6.45) is 1.37. The van der Waals surface area contributed by atoms with Crippen LogP contribution in [0.15, 0.2) is 64.3 Å². The minimum absolute atomic E-state index is 0.0282. The van der Waals surface area contributed by atoms with E-state index in [4.69, 9.17) is 10.9 Å². The predicted octanol–water partition coefficient (Wildman–Crippen LogP) is 1.88. The van der Waals surface area contributed by atoms with Crippen LogP contribution in [0.3, 0.4) is 0 Å². The average molecular weight is 443 g/mol. The van der Waals surface area contributed by atoms with E-state index in [-0.39, 0.29) is 17.0 Å². The number of hydrogen-bond acceptors (Lipinski definition) is 5. The van der Waals surface area contributed by atoms with Crippen molar-refractivity contribution in [2.24, 2.45) is 10.9 Å². The number of aromatic nitrogens is 1. The van der Waals surface area contributed by atoms with Crippen molar-refractivity contribution in [2.75, 3.05) is 6.54 Å². The number of nitrogens with one attached hydrogen (secondary N) is 1. The Kier molecular flexibility index (Phi) is 6.89. The van der Waals surface area contributed by atoms with Crippen molar-refractivity contribution in [3.05, 3.63) is 76.1 Å². The van der Waals surface area contributed by atoms with Crippen molar-refractivity contribution in [1.29, 1.82) is 0 Å². The molecule has 0 radical (unpaired) electrons. The van der Waals surface area contributed by atoms with E-state index in [0.29, 0.717) is 18.4 Å². The molecule has 0 aliphatic carbocycles. The van der Waals surface area contributed by atoms with Crippen LogP contribution in [0.2, 0.25) is 0 Å². The van der Waals surface area contributed by atoms with E-state index in [0.717, 1.165) is 17.4 Å². The van der Waals surface area contributed by atoms with Gasteiger partial charge in [-0.3, -0.25) is 14.2 Å². The smallest absolute Gasteiger partial charge is 0.265 e. The number of carbonyl (C=O) groups excluding carboxylic acids is 1. The molecule has 0 bridgehead atoms. The van der Waals surface area contributed by atoms with E-state index in [1.165, 1.54) is 16.7 Å². The molecule has 3 aromatic rings. The lowest BCUT2D eigenvalue weighted by molar-refractivity contribution is 0.0952. The molecule has 0 spiro atoms. The lowest BCUT2D eigenvalue weighted by atomic mass is 10.1. The van der Waals surface area contributed by atoms with Crippen LogP contribution in [0, 0.1) is 0 Å². The number of para-hydroxylation sites is 1. The molecule has 0 aliphatic rings. The minimum atomic E-state index is -3.74. The number of hydrogen-bond donors (Lipinski definition) is 3. The highest BCUT2D eigenvalue weighted by Gasteiger charge is 2.18. The predicted molar refractivity (Wildman–Crippen MR) is 120 cm³/mol. The maximum absolute atomic E-state index is 13.1. The Bertz CT molecular complexity index is 1250. The molecular weight excluding hydrogens is 416 g/mol. The van der Waals surface area contributed by atoms with Crippen LogP contribution < -0.4 is 21.7 Å². The number of amides is 1. The monoisotopic (exact) mass is 442 g/mol. The lowest BCUT2D eigenvalue weighted by Gasteiger charge is -2.18. The highest BCUT2D eigenvalue weighted by Crippen LogP contribution is 2.18. The van der Waals surface area contributed by atoms with Crippen molar-refractivity contribution in [2.45, 2.75) is 37.2 Å². The Balaban J connectivity index is 1.79. The molecule has 1 amide bonds. The second-order valence-electron chi connectivity index (χ2n) is 7.34. The molecule has 0 saturated heterocycles. The standard InChI is InChI=1S/C22H26N4O4S/c1-2-5-20(23)26-19-7-4-3-6-16(19)14-18(22(26)28)21(27)25-13-12-15-8-10-17(11-9-15)31(24,29)30/h3-4,6-11,14,20H,2,5,12-13,23H2,1H3,(H,25,27)(H2,24,29,30). The Morgan fingerprint density at radius 2 is 1.81 bits per heavy atom. The molecule has 3 rings (SSSR count). The van der Waals surface area contributed by atoms with Gasteiger partial charge in [0.05, 0.1) is 16.6 Å². The summed E-state index contributed by atoms with van der Waals surface area (Å²) in [6, 6.07) is 15.0. The number of nitrogens with zero attached hydrogens (tertiary/aromatic N) is 1. The topological polar surface area (TPSA) is 137 Å². The first-order valence-electron chi connectivity index (χ1n) is 10.0. The molecule has 9 heteroatoms. The van der Waals surface area contributed by atoms with E-state index >= 15 is 0 Å². The number of fused-ring (bicyclic) bond motifs is 1. The van der Waals surface area contributed by atoms with Gasteiger partial charge in [0.2, 0.25) is 10.0 Å². The third-order valence-electron chi connectivity index (χ3n) is 5.06. The van der Waals surface area contributed by atoms with Crippen LogP contribution >= 0.6 is 0 Å². The summed E-state index contributed by atoms with van der Waals surface area (Å²) in [4.78, 5) is 25.8. The first-order valence-corrected chi connectivity index (χ1v) is 11.6. The van der Waals surface area contributed by atoms with E-state index in [1.54, 1.807) is 18.2 Å². The number of primary sulfonamides is 1. The molecule has 0 fully saturated rings. The van der Waals surface area contributed by atoms with Gasteiger partial charge in [0, 0.05) is 6.54 Å². The van der Waals surface area contributed by atoms with E-state index < -0.39 is 27.7 Å². The first kappa shape index (κ1) is 22.7. The fraction of sp³-hybridized carbons (Fsp3) is 0.273. The van der Waals surface area contributed by atoms with Gasteiger partial charge in [0.1, 0.15) is 5.56 Å². The fourth-order valence-corrected chi connectivity index (χ4v) is 3.98. The van der Waals surface area contributed by atoms with Crippen molar-refractivity contribution in [1.82, 2.24) is 9.88 Å². The molecule has 0 aliphatic heterocycles. The Labute approximate surface area is 180 Å². The molecule has 1 aromatic heterocycles. The van der Waals surface area contributed by atoms with Crippen molar-refractivity contribution < 1.29 is 13.2 Å². The first-order chi connectivity index (χ1) is 14.7. The Hall–Kier alpha value is -3.01. The summed E-state index contributed by atoms with van der Waals surface area (Å²) >= 11 is 0. The maximum Gasteiger partial charge on any atom is 0.265 e. The maximum atomic E-state index is 13.1. The molecule has 1 atom stereocenters. The van der Waals surface area contributed by atoms with Crippen LogP contribution in [0.4, 0.5) is 0 Å². The Morgan fingerprint density at radius 1 is 1.13 bits per heavy atom. The molecule has 1 heterocycles. The third kappa shape index (κ3) is 5.19. The molecule has 31 heavy (non-hydrogen) atoms. The SMILES string of the molecule is CCCC(N)n1c(=O)c(C(=O)NCCc2ccc(S(N)(=O)=O)cc2)cc2ccccc21. The highest BCUT2D eigenvalue weighted by atomic mass is 32.2. The van der Waals surface area contributed by atoms with E-state index in [9.17, 15) is 18.0 Å². The number of benzene rings is 2. The molecule has 1 unspecified atom stereocenters. The number of rotatable bonds is 8. The van der Waals surface area contributed by atoms with Gasteiger partial charge < -0.3 is 11.1 Å². The van der Waals surface area contributed by atoms with Crippen molar-refractivity contribution in [3.8, 4) is 0 Å². The van der Waals surface area contributed by atoms with Crippen LogP contribution in [-0.2, 0) is 16.4 Å². The third-order valence-corrected chi connectivity index (χ3v) is 5.99. The summed E-state index contributed by atoms with van der Waals surface area (Å²) < 4.78 is 24.1. The summed E-state index contributed by atoms with van der Waals surface area (Å²) in [7, 11) is -3.74. The van der Waals surface area contributed by atoms with Gasteiger partial charge in [-0.05, 0) is 48.1 Å². The normalized spacial score (nSPS) is 12.6. The second kappa shape index (κ2) is 9.42. The number of sulfonamides is 1. The zero-order valence-corrected chi connectivity index (χ0v) is 18.1. The van der Waals surface area contributed by atoms with Gasteiger partial charge in [0.25, 0.3) is 11.5 Å². The summed E-state index contributed by atoms with van der Waals surface area (Å²) in [5.74, 6) is -0.477. The largest absolute Gasteiger partial charge is 0.352 e. The minimum Gasteiger partial charge on any atom is -0.352 e. The van der Waals surface area contributed by atoms with Crippen LogP contribution in [0.1, 0.15) is 41.9 Å². The second-order valence-corrected chi connectivity index (χ2v) is 8.90. The van der Waals surface area contributed by atoms with Crippen LogP contribution in [0.5, 0.6) is 0 Å². The quantitative estimate of drug-likeness (QED) is 0.489. The van der Waals surface area contributed by atoms with Crippen LogP contribution in [-0.4, -0.2) is 25.4 Å². The number of carbonyl (C=O) groups is 1. The van der Waals surface area contributed by atoms with Crippen molar-refractivity contribution >= 4 is 26.8 Å². The molecule has 164 valence electrons. The molecule has 0 saturated carbocycles. The average Bonchev–Trinajstić information content (AvgIpc) is 2.73. The molecule has 8 nitrogen and oxygen atoms in total. The van der Waals surface area contributed by atoms with Gasteiger partial charge in [-0.15, -0.1) is 0 Å². The van der Waals surface area contributed by atoms with Gasteiger partial charge in [-0.1, -0.05) is 43.7 Å². The zero-order valence-electron chi connectivity index (χ0n) is 17.2. The Morgan fingerprint density at radius 3 is 2.45 bits per heavy atom. The van der Waals surface area contributed by atoms with E-state index in [2.05, 4.69) is 5.32 Å². The number of pyridine rings is 1. The van der Waals surface area contributed by atoms with Gasteiger partial charge in [-0.2, -0.15) is 0 Å². The van der Waals surface area contributed by atoms with Crippen molar-refractivity contribution in [3.63, 3.8) is 0 Å². The summed E-state index contributed by atoms with van der Waals surface area (Å²) in [5, 5.41) is 8.61. The molecular formula is C22H26N4O4S. The molecule has 2 aromatic carbocycles. The summed E-state index contributed by atoms with van der Waals surface area (Å²) in [6.45, 7) is 2.26. The van der Waals surface area contributed by atoms with Gasteiger partial charge in [-0.25, -0.2) is 13.6 Å². The van der Waals surface area contributed by atoms with Crippen LogP contribution in [0.25, 0.3) is 10.9 Å². The fourth-order valence-electron chi connectivity index (χ4n) is 3.46.